The zero-order valence-corrected chi connectivity index (χ0v) is 20.2. The lowest BCUT2D eigenvalue weighted by Gasteiger charge is -2.24. The molecular formula is C24H29BrN5O3+. The summed E-state index contributed by atoms with van der Waals surface area (Å²) < 4.78 is 13.8. The van der Waals surface area contributed by atoms with E-state index in [-0.39, 0.29) is 12.7 Å². The van der Waals surface area contributed by atoms with Crippen LogP contribution in [0, 0.1) is 11.3 Å². The van der Waals surface area contributed by atoms with Gasteiger partial charge in [-0.15, -0.1) is 0 Å². The van der Waals surface area contributed by atoms with Crippen molar-refractivity contribution in [2.24, 2.45) is 16.5 Å². The maximum atomic E-state index is 9.38. The van der Waals surface area contributed by atoms with Gasteiger partial charge in [-0.25, -0.2) is 0 Å². The van der Waals surface area contributed by atoms with Crippen molar-refractivity contribution in [2.75, 3.05) is 33.4 Å². The van der Waals surface area contributed by atoms with Gasteiger partial charge in [0, 0.05) is 18.4 Å². The minimum atomic E-state index is 0.0230. The van der Waals surface area contributed by atoms with Crippen LogP contribution in [0.3, 0.4) is 0 Å². The largest absolute Gasteiger partial charge is 0.496 e. The van der Waals surface area contributed by atoms with Crippen LogP contribution in [-0.4, -0.2) is 60.9 Å². The van der Waals surface area contributed by atoms with Crippen molar-refractivity contribution in [3.05, 3.63) is 63.1 Å². The van der Waals surface area contributed by atoms with Gasteiger partial charge in [-0.05, 0) is 51.8 Å². The Labute approximate surface area is 202 Å². The maximum Gasteiger partial charge on any atom is 0.275 e. The van der Waals surface area contributed by atoms with Gasteiger partial charge in [0.05, 0.1) is 67.7 Å². The normalized spacial score (nSPS) is 16.4. The Morgan fingerprint density at radius 3 is 2.61 bits per heavy atom. The molecule has 33 heavy (non-hydrogen) atoms. The summed E-state index contributed by atoms with van der Waals surface area (Å²) in [7, 11) is 1.62. The molecule has 0 amide bonds. The zero-order valence-electron chi connectivity index (χ0n) is 18.6. The average Bonchev–Trinajstić information content (AvgIpc) is 2.85. The number of nitrogens with two attached hydrogens (primary N) is 2. The third-order valence-electron chi connectivity index (χ3n) is 5.58. The summed E-state index contributed by atoms with van der Waals surface area (Å²) in [6.45, 7) is 2.21. The first-order valence-electron chi connectivity index (χ1n) is 10.7. The van der Waals surface area contributed by atoms with E-state index in [1.54, 1.807) is 19.2 Å². The summed E-state index contributed by atoms with van der Waals surface area (Å²) in [6, 6.07) is 13.2. The van der Waals surface area contributed by atoms with Crippen molar-refractivity contribution >= 4 is 27.6 Å². The highest BCUT2D eigenvalue weighted by atomic mass is 79.9. The lowest BCUT2D eigenvalue weighted by atomic mass is 10.0. The van der Waals surface area contributed by atoms with Crippen molar-refractivity contribution in [3.8, 4) is 11.8 Å². The smallest absolute Gasteiger partial charge is 0.275 e. The van der Waals surface area contributed by atoms with Crippen LogP contribution in [0.1, 0.15) is 35.1 Å². The summed E-state index contributed by atoms with van der Waals surface area (Å²) in [5.74, 6) is 1.66. The Hall–Kier alpha value is -2.93. The van der Waals surface area contributed by atoms with E-state index in [9.17, 15) is 5.26 Å². The summed E-state index contributed by atoms with van der Waals surface area (Å²) >= 11 is 3.48. The van der Waals surface area contributed by atoms with Crippen molar-refractivity contribution in [1.29, 1.82) is 5.26 Å². The molecule has 0 saturated carbocycles. The number of aliphatic hydroxyl groups excluding tert-OH is 1. The predicted octanol–water partition coefficient (Wildman–Crippen LogP) is 2.12. The van der Waals surface area contributed by atoms with Gasteiger partial charge in [0.1, 0.15) is 11.6 Å². The number of rotatable bonds is 8. The number of methoxy groups -OCH3 is 1. The number of ether oxygens (including phenoxy) is 2. The summed E-state index contributed by atoms with van der Waals surface area (Å²) in [6.07, 6.45) is 1.77. The van der Waals surface area contributed by atoms with Crippen LogP contribution < -0.4 is 16.2 Å². The molecule has 0 bridgehead atoms. The molecule has 5 N–H and O–H groups in total. The van der Waals surface area contributed by atoms with E-state index >= 15 is 0 Å². The lowest BCUT2D eigenvalue weighted by molar-refractivity contribution is -0.542. The van der Waals surface area contributed by atoms with E-state index in [0.29, 0.717) is 35.9 Å². The number of benzene rings is 2. The molecule has 0 aromatic heterocycles. The average molecular weight is 515 g/mol. The van der Waals surface area contributed by atoms with Gasteiger partial charge in [-0.2, -0.15) is 5.26 Å². The molecule has 1 heterocycles. The molecule has 0 atom stereocenters. The van der Waals surface area contributed by atoms with Gasteiger partial charge >= 0.3 is 0 Å². The summed E-state index contributed by atoms with van der Waals surface area (Å²) in [4.78, 5) is 4.56. The number of nitriles is 1. The van der Waals surface area contributed by atoms with Crippen LogP contribution in [0.15, 0.2) is 45.9 Å². The molecule has 2 aromatic rings. The number of amidine groups is 2. The number of nitrogens with zero attached hydrogens (tertiary/aromatic N) is 3. The van der Waals surface area contributed by atoms with Gasteiger partial charge in [-0.1, -0.05) is 6.07 Å². The Morgan fingerprint density at radius 2 is 1.97 bits per heavy atom. The Morgan fingerprint density at radius 1 is 1.21 bits per heavy atom. The molecule has 8 nitrogen and oxygen atoms in total. The molecule has 1 aliphatic rings. The third kappa shape index (κ3) is 6.32. The highest BCUT2D eigenvalue weighted by Gasteiger charge is 2.24. The molecule has 9 heteroatoms. The highest BCUT2D eigenvalue weighted by molar-refractivity contribution is 9.10. The fourth-order valence-corrected chi connectivity index (χ4v) is 4.36. The third-order valence-corrected chi connectivity index (χ3v) is 6.20. The lowest BCUT2D eigenvalue weighted by Crippen LogP contribution is -2.39. The van der Waals surface area contributed by atoms with Crippen molar-refractivity contribution in [2.45, 2.75) is 25.5 Å². The van der Waals surface area contributed by atoms with Gasteiger partial charge in [-0.3, -0.25) is 15.3 Å². The molecule has 3 rings (SSSR count). The van der Waals surface area contributed by atoms with Gasteiger partial charge in [0.2, 0.25) is 0 Å². The number of hydrogen-bond donors (Lipinski definition) is 3. The molecule has 1 aliphatic heterocycles. The Kier molecular flexibility index (Phi) is 8.83. The first-order chi connectivity index (χ1) is 16.0. The van der Waals surface area contributed by atoms with Crippen LogP contribution in [0.4, 0.5) is 0 Å². The zero-order chi connectivity index (χ0) is 23.8. The van der Waals surface area contributed by atoms with E-state index in [0.717, 1.165) is 47.3 Å². The number of aliphatic hydroxyl groups is 1. The molecule has 1 fully saturated rings. The van der Waals surface area contributed by atoms with Crippen molar-refractivity contribution in [3.63, 3.8) is 0 Å². The fraction of sp³-hybridized carbons (Fsp3) is 0.375. The summed E-state index contributed by atoms with van der Waals surface area (Å²) in [5, 5.41) is 18.3. The second-order valence-electron chi connectivity index (χ2n) is 7.71. The Balaban J connectivity index is 1.85. The van der Waals surface area contributed by atoms with Crippen LogP contribution >= 0.6 is 15.9 Å². The topological polar surface area (TPSA) is 130 Å². The minimum Gasteiger partial charge on any atom is -0.496 e. The van der Waals surface area contributed by atoms with E-state index in [2.05, 4.69) is 31.6 Å². The quantitative estimate of drug-likeness (QED) is 0.281. The number of halogens is 1. The predicted molar refractivity (Wildman–Crippen MR) is 131 cm³/mol. The van der Waals surface area contributed by atoms with Gasteiger partial charge in [0.25, 0.3) is 5.84 Å². The number of hydrogen-bond acceptors (Lipinski definition) is 5. The standard InChI is InChI=1S/C24H28BrN5O3/c1-32-22-5-3-17(13-21(22)25)15-29-23(27)20-12-16(14-26)2-4-19(20)24(28)30-8-6-18(7-9-30)33-11-10-31/h2-5,12-13,18,28,31H,6-11,15H2,1H3,(H2,27,29)/p+1. The molecule has 174 valence electrons. The van der Waals surface area contributed by atoms with Crippen molar-refractivity contribution in [1.82, 2.24) is 0 Å². The molecular weight excluding hydrogens is 486 g/mol. The Bertz CT molecular complexity index is 1080. The van der Waals surface area contributed by atoms with E-state index < -0.39 is 0 Å². The van der Waals surface area contributed by atoms with Crippen LogP contribution in [0.25, 0.3) is 0 Å². The molecule has 0 spiro atoms. The van der Waals surface area contributed by atoms with Gasteiger partial charge < -0.3 is 20.3 Å². The second kappa shape index (κ2) is 11.8. The number of aliphatic imine (C=N–C) groups is 1. The van der Waals surface area contributed by atoms with Crippen LogP contribution in [0.5, 0.6) is 5.75 Å². The monoisotopic (exact) mass is 514 g/mol. The minimum absolute atomic E-state index is 0.0230. The molecule has 2 aromatic carbocycles. The number of piperidine rings is 1. The van der Waals surface area contributed by atoms with Crippen LogP contribution in [-0.2, 0) is 11.3 Å². The fourth-order valence-electron chi connectivity index (χ4n) is 3.77. The van der Waals surface area contributed by atoms with Crippen LogP contribution in [0.2, 0.25) is 0 Å². The van der Waals surface area contributed by atoms with E-state index in [1.807, 2.05) is 24.3 Å². The molecule has 1 saturated heterocycles. The molecule has 0 radical (unpaired) electrons. The van der Waals surface area contributed by atoms with E-state index in [1.165, 1.54) is 0 Å². The molecule has 0 aliphatic carbocycles. The first-order valence-corrected chi connectivity index (χ1v) is 11.5. The first kappa shape index (κ1) is 24.7. The second-order valence-corrected chi connectivity index (χ2v) is 8.56. The van der Waals surface area contributed by atoms with Gasteiger partial charge in [0.15, 0.2) is 0 Å². The maximum absolute atomic E-state index is 9.38. The summed E-state index contributed by atoms with van der Waals surface area (Å²) in [5.41, 5.74) is 15.8. The van der Waals surface area contributed by atoms with Crippen molar-refractivity contribution < 1.29 is 19.2 Å². The highest BCUT2D eigenvalue weighted by Crippen LogP contribution is 2.26. The SMILES string of the molecule is COc1ccc(CN=C(N)c2cc(C#N)ccc2C(N)=[N+]2CCC(OCCO)CC2)cc1Br. The molecule has 0 unspecified atom stereocenters. The van der Waals surface area contributed by atoms with E-state index in [4.69, 9.17) is 26.0 Å².